The molecule has 4 rings (SSSR count). The molecule has 1 heterocycles. The van der Waals surface area contributed by atoms with Gasteiger partial charge in [-0.3, -0.25) is 0 Å². The summed E-state index contributed by atoms with van der Waals surface area (Å²) in [6.45, 7) is 0. The van der Waals surface area contributed by atoms with Crippen LogP contribution in [-0.2, 0) is 0 Å². The van der Waals surface area contributed by atoms with Gasteiger partial charge < -0.3 is 21.6 Å². The molecule has 0 bridgehead atoms. The lowest BCUT2D eigenvalue weighted by Gasteiger charge is -1.99. The number of hydrogen-bond acceptors (Lipinski definition) is 3. The van der Waals surface area contributed by atoms with Crippen LogP contribution >= 0.6 is 0 Å². The van der Waals surface area contributed by atoms with E-state index < -0.39 is 0 Å². The molecule has 0 radical (unpaired) electrons. The number of rotatable bonds is 2. The van der Waals surface area contributed by atoms with E-state index >= 15 is 0 Å². The normalized spacial score (nSPS) is 11.8. The molecule has 7 nitrogen and oxygen atoms in total. The fraction of sp³-hybridized carbons (Fsp3) is 0. The number of guanidine groups is 2. The monoisotopic (exact) mass is 344 g/mol. The smallest absolute Gasteiger partial charge is 0.227 e. The van der Waals surface area contributed by atoms with E-state index in [1.54, 1.807) is 18.2 Å². The number of hydrogen-bond donors (Lipinski definition) is 3. The van der Waals surface area contributed by atoms with E-state index in [1.807, 2.05) is 24.3 Å². The van der Waals surface area contributed by atoms with Gasteiger partial charge in [-0.2, -0.15) is 4.99 Å². The fourth-order valence-electron chi connectivity index (χ4n) is 2.72. The number of aromatic nitrogens is 1. The number of benzene rings is 3. The lowest BCUT2D eigenvalue weighted by atomic mass is 10.1. The van der Waals surface area contributed by atoms with Crippen LogP contribution in [0.5, 0.6) is 0 Å². The van der Waals surface area contributed by atoms with Gasteiger partial charge in [0.2, 0.25) is 11.9 Å². The van der Waals surface area contributed by atoms with Gasteiger partial charge in [0.15, 0.2) is 11.5 Å². The second-order valence-electron chi connectivity index (χ2n) is 5.74. The van der Waals surface area contributed by atoms with E-state index in [9.17, 15) is 0 Å². The molecular weight excluding hydrogens is 328 g/mol. The number of nitrogens with two attached hydrogens (primary N) is 3. The summed E-state index contributed by atoms with van der Waals surface area (Å²) in [5, 5.41) is 2.29. The summed E-state index contributed by atoms with van der Waals surface area (Å²) < 4.78 is 5.87. The highest BCUT2D eigenvalue weighted by molar-refractivity contribution is 5.94. The molecule has 0 aliphatic heterocycles. The minimum atomic E-state index is -0.146. The second kappa shape index (κ2) is 6.21. The topological polar surface area (TPSA) is 129 Å². The molecule has 128 valence electrons. The van der Waals surface area contributed by atoms with Crippen LogP contribution < -0.4 is 17.2 Å². The van der Waals surface area contributed by atoms with Crippen molar-refractivity contribution in [2.24, 2.45) is 27.2 Å². The Kier molecular flexibility index (Phi) is 3.74. The molecule has 4 aromatic rings. The Morgan fingerprint density at radius 3 is 2.50 bits per heavy atom. The van der Waals surface area contributed by atoms with Gasteiger partial charge >= 0.3 is 0 Å². The van der Waals surface area contributed by atoms with Crippen molar-refractivity contribution in [2.45, 2.75) is 0 Å². The first-order valence-corrected chi connectivity index (χ1v) is 7.92. The number of aliphatic imine (C=N–C) groups is 2. The summed E-state index contributed by atoms with van der Waals surface area (Å²) in [6.07, 6.45) is 0. The van der Waals surface area contributed by atoms with Crippen LogP contribution in [0.1, 0.15) is 0 Å². The number of nitrogens with zero attached hydrogens (tertiary/aromatic N) is 3. The standard InChI is InChI=1S/C19H16N6O/c20-18(21)25-19(22)23-14-7-8-16-15(10-14)24-17(26-16)13-6-5-11-3-1-2-4-12(11)9-13/h1-10H,(H6,20,21,22,23,25). The highest BCUT2D eigenvalue weighted by Gasteiger charge is 2.09. The summed E-state index contributed by atoms with van der Waals surface area (Å²) >= 11 is 0. The first-order valence-electron chi connectivity index (χ1n) is 7.92. The van der Waals surface area contributed by atoms with Crippen LogP contribution in [0.3, 0.4) is 0 Å². The van der Waals surface area contributed by atoms with Crippen LogP contribution in [0, 0.1) is 0 Å². The van der Waals surface area contributed by atoms with E-state index in [0.717, 1.165) is 10.9 Å². The molecular formula is C19H16N6O. The minimum absolute atomic E-state index is 0.0254. The molecule has 3 aromatic carbocycles. The number of fused-ring (bicyclic) bond motifs is 2. The zero-order valence-corrected chi connectivity index (χ0v) is 13.8. The predicted molar refractivity (Wildman–Crippen MR) is 104 cm³/mol. The third kappa shape index (κ3) is 3.05. The summed E-state index contributed by atoms with van der Waals surface area (Å²) in [5.41, 5.74) is 19.0. The Bertz CT molecular complexity index is 1170. The van der Waals surface area contributed by atoms with Crippen molar-refractivity contribution in [1.29, 1.82) is 0 Å². The van der Waals surface area contributed by atoms with Gasteiger partial charge in [-0.05, 0) is 41.1 Å². The molecule has 1 aromatic heterocycles. The van der Waals surface area contributed by atoms with Crippen molar-refractivity contribution in [1.82, 2.24) is 4.98 Å². The van der Waals surface area contributed by atoms with Gasteiger partial charge in [-0.15, -0.1) is 0 Å². The molecule has 7 heteroatoms. The van der Waals surface area contributed by atoms with Crippen LogP contribution in [0.2, 0.25) is 0 Å². The molecule has 0 amide bonds. The molecule has 0 saturated carbocycles. The van der Waals surface area contributed by atoms with Crippen LogP contribution in [0.4, 0.5) is 5.69 Å². The Balaban J connectivity index is 1.74. The Hall–Kier alpha value is -3.87. The summed E-state index contributed by atoms with van der Waals surface area (Å²) in [4.78, 5) is 12.4. The zero-order chi connectivity index (χ0) is 18.1. The van der Waals surface area contributed by atoms with Crippen LogP contribution in [0.25, 0.3) is 33.3 Å². The minimum Gasteiger partial charge on any atom is -0.436 e. The average Bonchev–Trinajstić information content (AvgIpc) is 3.04. The maximum atomic E-state index is 5.87. The summed E-state index contributed by atoms with van der Waals surface area (Å²) in [7, 11) is 0. The molecule has 6 N–H and O–H groups in total. The van der Waals surface area contributed by atoms with E-state index in [4.69, 9.17) is 21.6 Å². The third-order valence-electron chi connectivity index (χ3n) is 3.85. The first kappa shape index (κ1) is 15.6. The lowest BCUT2D eigenvalue weighted by molar-refractivity contribution is 0.620. The van der Waals surface area contributed by atoms with E-state index in [2.05, 4.69) is 33.2 Å². The van der Waals surface area contributed by atoms with Crippen molar-refractivity contribution in [3.63, 3.8) is 0 Å². The van der Waals surface area contributed by atoms with Gasteiger partial charge in [0.25, 0.3) is 0 Å². The van der Waals surface area contributed by atoms with Crippen molar-refractivity contribution in [3.8, 4) is 11.5 Å². The highest BCUT2D eigenvalue weighted by atomic mass is 16.3. The van der Waals surface area contributed by atoms with Gasteiger partial charge in [0.05, 0.1) is 5.69 Å². The zero-order valence-electron chi connectivity index (χ0n) is 13.8. The van der Waals surface area contributed by atoms with Crippen molar-refractivity contribution in [3.05, 3.63) is 60.7 Å². The van der Waals surface area contributed by atoms with Gasteiger partial charge in [-0.1, -0.05) is 30.3 Å². The molecule has 0 unspecified atom stereocenters. The predicted octanol–water partition coefficient (Wildman–Crippen LogP) is 2.87. The largest absolute Gasteiger partial charge is 0.436 e. The van der Waals surface area contributed by atoms with E-state index in [-0.39, 0.29) is 11.9 Å². The average molecular weight is 344 g/mol. The molecule has 0 spiro atoms. The molecule has 0 saturated heterocycles. The maximum Gasteiger partial charge on any atom is 0.227 e. The lowest BCUT2D eigenvalue weighted by Crippen LogP contribution is -2.26. The van der Waals surface area contributed by atoms with Crippen molar-refractivity contribution >= 4 is 39.5 Å². The second-order valence-corrected chi connectivity index (χ2v) is 5.74. The third-order valence-corrected chi connectivity index (χ3v) is 3.85. The SMILES string of the molecule is NC(N)=NC(N)=Nc1ccc2oc(-c3ccc4ccccc4c3)nc2c1. The maximum absolute atomic E-state index is 5.87. The highest BCUT2D eigenvalue weighted by Crippen LogP contribution is 2.29. The molecule has 0 aliphatic rings. The van der Waals surface area contributed by atoms with Gasteiger partial charge in [0, 0.05) is 5.56 Å². The quantitative estimate of drug-likeness (QED) is 0.380. The molecule has 0 fully saturated rings. The van der Waals surface area contributed by atoms with Crippen LogP contribution in [0.15, 0.2) is 75.1 Å². The Morgan fingerprint density at radius 2 is 1.69 bits per heavy atom. The summed E-state index contributed by atoms with van der Waals surface area (Å²) in [6, 6.07) is 19.5. The van der Waals surface area contributed by atoms with Crippen molar-refractivity contribution in [2.75, 3.05) is 0 Å². The molecule has 26 heavy (non-hydrogen) atoms. The molecule has 0 aliphatic carbocycles. The fourth-order valence-corrected chi connectivity index (χ4v) is 2.72. The Morgan fingerprint density at radius 1 is 0.885 bits per heavy atom. The number of oxazole rings is 1. The van der Waals surface area contributed by atoms with Gasteiger partial charge in [0.1, 0.15) is 5.52 Å². The van der Waals surface area contributed by atoms with E-state index in [1.165, 1.54) is 5.39 Å². The van der Waals surface area contributed by atoms with Crippen molar-refractivity contribution < 1.29 is 4.42 Å². The Labute approximate surface area is 148 Å². The summed E-state index contributed by atoms with van der Waals surface area (Å²) in [5.74, 6) is 0.374. The molecule has 0 atom stereocenters. The van der Waals surface area contributed by atoms with Crippen LogP contribution in [-0.4, -0.2) is 16.9 Å². The van der Waals surface area contributed by atoms with E-state index in [0.29, 0.717) is 22.7 Å². The van der Waals surface area contributed by atoms with Gasteiger partial charge in [-0.25, -0.2) is 9.98 Å². The first-order chi connectivity index (χ1) is 12.6.